The third kappa shape index (κ3) is 4.13. The number of urea groups is 1. The lowest BCUT2D eigenvalue weighted by Crippen LogP contribution is -2.47. The Morgan fingerprint density at radius 2 is 1.72 bits per heavy atom. The molecule has 4 heteroatoms. The summed E-state index contributed by atoms with van der Waals surface area (Å²) < 4.78 is 5.98. The molecule has 1 heterocycles. The molecule has 0 aromatic heterocycles. The van der Waals surface area contributed by atoms with Crippen LogP contribution in [0.4, 0.5) is 4.79 Å². The fourth-order valence-electron chi connectivity index (χ4n) is 3.22. The van der Waals surface area contributed by atoms with Gasteiger partial charge in [0.2, 0.25) is 0 Å². The summed E-state index contributed by atoms with van der Waals surface area (Å²) in [5.41, 5.74) is 3.71. The Bertz CT molecular complexity index is 742. The van der Waals surface area contributed by atoms with Gasteiger partial charge in [-0.2, -0.15) is 0 Å². The van der Waals surface area contributed by atoms with E-state index >= 15 is 0 Å². The topological polar surface area (TPSA) is 41.6 Å². The number of nitrogens with one attached hydrogen (secondary N) is 1. The monoisotopic (exact) mass is 338 g/mol. The summed E-state index contributed by atoms with van der Waals surface area (Å²) in [7, 11) is 0. The van der Waals surface area contributed by atoms with Crippen LogP contribution in [0, 0.1) is 0 Å². The largest absolute Gasteiger partial charge is 0.471 e. The Kier molecular flexibility index (Phi) is 5.27. The van der Waals surface area contributed by atoms with Gasteiger partial charge in [0.25, 0.3) is 0 Å². The van der Waals surface area contributed by atoms with E-state index in [4.69, 9.17) is 4.74 Å². The number of hydrogen-bond donors (Lipinski definition) is 1. The van der Waals surface area contributed by atoms with Gasteiger partial charge in [0.05, 0.1) is 0 Å². The molecule has 0 bridgehead atoms. The highest BCUT2D eigenvalue weighted by molar-refractivity contribution is 5.74. The van der Waals surface area contributed by atoms with E-state index in [9.17, 15) is 4.79 Å². The van der Waals surface area contributed by atoms with Crippen molar-refractivity contribution in [3.63, 3.8) is 0 Å². The highest BCUT2D eigenvalue weighted by Gasteiger charge is 2.22. The van der Waals surface area contributed by atoms with E-state index in [0.717, 1.165) is 24.3 Å². The van der Waals surface area contributed by atoms with Crippen LogP contribution in [-0.2, 0) is 13.0 Å². The third-order valence-corrected chi connectivity index (χ3v) is 4.59. The van der Waals surface area contributed by atoms with Crippen molar-refractivity contribution in [2.24, 2.45) is 0 Å². The number of carbonyl (C=O) groups excluding carboxylic acids is 1. The number of rotatable bonds is 4. The summed E-state index contributed by atoms with van der Waals surface area (Å²) in [5.74, 6) is 1.20. The van der Waals surface area contributed by atoms with Crippen LogP contribution < -0.4 is 10.1 Å². The summed E-state index contributed by atoms with van der Waals surface area (Å²) in [6.45, 7) is 7.52. The van der Waals surface area contributed by atoms with E-state index in [1.165, 1.54) is 11.1 Å². The second-order valence-electron chi connectivity index (χ2n) is 6.84. The minimum atomic E-state index is -0.385. The number of hydrogen-bond acceptors (Lipinski definition) is 2. The molecule has 0 spiro atoms. The standard InChI is InChI=1S/C21H26N2O2/c1-15(2)19-10-6-7-11-20(19)25-16(3)22-21(24)23-13-12-17-8-4-5-9-18(17)14-23/h4-11,15-16H,12-14H2,1-3H3,(H,22,24). The molecule has 0 fully saturated rings. The van der Waals surface area contributed by atoms with E-state index in [0.29, 0.717) is 12.5 Å². The van der Waals surface area contributed by atoms with E-state index in [2.05, 4.69) is 43.4 Å². The summed E-state index contributed by atoms with van der Waals surface area (Å²) in [5, 5.41) is 2.96. The molecule has 1 N–H and O–H groups in total. The first-order valence-corrected chi connectivity index (χ1v) is 8.92. The number of carbonyl (C=O) groups is 1. The van der Waals surface area contributed by atoms with Gasteiger partial charge in [0, 0.05) is 13.1 Å². The van der Waals surface area contributed by atoms with E-state index in [1.54, 1.807) is 0 Å². The number of ether oxygens (including phenoxy) is 1. The maximum atomic E-state index is 12.6. The van der Waals surface area contributed by atoms with Gasteiger partial charge in [-0.05, 0) is 42.0 Å². The van der Waals surface area contributed by atoms with Gasteiger partial charge in [0.1, 0.15) is 5.75 Å². The van der Waals surface area contributed by atoms with Gasteiger partial charge < -0.3 is 15.0 Å². The zero-order valence-electron chi connectivity index (χ0n) is 15.2. The molecule has 4 nitrogen and oxygen atoms in total. The zero-order chi connectivity index (χ0) is 17.8. The van der Waals surface area contributed by atoms with Crippen molar-refractivity contribution in [2.75, 3.05) is 6.54 Å². The van der Waals surface area contributed by atoms with E-state index in [-0.39, 0.29) is 12.3 Å². The highest BCUT2D eigenvalue weighted by Crippen LogP contribution is 2.26. The molecule has 1 unspecified atom stereocenters. The second kappa shape index (κ2) is 7.60. The molecule has 132 valence electrons. The molecule has 0 saturated carbocycles. The first kappa shape index (κ1) is 17.3. The molecule has 2 amide bonds. The van der Waals surface area contributed by atoms with Crippen LogP contribution in [0.2, 0.25) is 0 Å². The molecule has 0 aliphatic carbocycles. The summed E-state index contributed by atoms with van der Waals surface area (Å²) in [6, 6.07) is 16.2. The maximum absolute atomic E-state index is 12.6. The molecular weight excluding hydrogens is 312 g/mol. The lowest BCUT2D eigenvalue weighted by atomic mass is 10.0. The van der Waals surface area contributed by atoms with Crippen molar-refractivity contribution in [1.29, 1.82) is 0 Å². The number of para-hydroxylation sites is 1. The Hall–Kier alpha value is -2.49. The molecule has 0 saturated heterocycles. The third-order valence-electron chi connectivity index (χ3n) is 4.59. The van der Waals surface area contributed by atoms with Crippen molar-refractivity contribution >= 4 is 6.03 Å². The van der Waals surface area contributed by atoms with Gasteiger partial charge in [-0.25, -0.2) is 4.79 Å². The molecule has 2 aromatic carbocycles. The molecule has 2 aromatic rings. The maximum Gasteiger partial charge on any atom is 0.320 e. The van der Waals surface area contributed by atoms with Crippen LogP contribution >= 0.6 is 0 Å². The van der Waals surface area contributed by atoms with Crippen molar-refractivity contribution in [3.05, 3.63) is 65.2 Å². The first-order chi connectivity index (χ1) is 12.0. The lowest BCUT2D eigenvalue weighted by Gasteiger charge is -2.30. The second-order valence-corrected chi connectivity index (χ2v) is 6.84. The van der Waals surface area contributed by atoms with Crippen LogP contribution in [-0.4, -0.2) is 23.7 Å². The molecule has 0 radical (unpaired) electrons. The Morgan fingerprint density at radius 1 is 1.04 bits per heavy atom. The Balaban J connectivity index is 1.60. The quantitative estimate of drug-likeness (QED) is 0.844. The van der Waals surface area contributed by atoms with E-state index in [1.807, 2.05) is 36.1 Å². The number of nitrogens with zero attached hydrogens (tertiary/aromatic N) is 1. The predicted molar refractivity (Wildman–Crippen MR) is 99.7 cm³/mol. The SMILES string of the molecule is CC(NC(=O)N1CCc2ccccc2C1)Oc1ccccc1C(C)C. The summed E-state index contributed by atoms with van der Waals surface area (Å²) in [6.07, 6.45) is 0.513. The molecule has 3 rings (SSSR count). The molecule has 1 atom stereocenters. The normalized spacial score (nSPS) is 14.8. The van der Waals surface area contributed by atoms with Crippen LogP contribution in [0.25, 0.3) is 0 Å². The Morgan fingerprint density at radius 3 is 2.48 bits per heavy atom. The van der Waals surface area contributed by atoms with Gasteiger partial charge >= 0.3 is 6.03 Å². The van der Waals surface area contributed by atoms with Crippen molar-refractivity contribution in [3.8, 4) is 5.75 Å². The molecular formula is C21H26N2O2. The number of benzene rings is 2. The first-order valence-electron chi connectivity index (χ1n) is 8.92. The summed E-state index contributed by atoms with van der Waals surface area (Å²) >= 11 is 0. The van der Waals surface area contributed by atoms with Gasteiger partial charge in [-0.3, -0.25) is 0 Å². The van der Waals surface area contributed by atoms with Crippen molar-refractivity contribution < 1.29 is 9.53 Å². The molecule has 1 aliphatic heterocycles. The summed E-state index contributed by atoms with van der Waals surface area (Å²) in [4.78, 5) is 14.4. The van der Waals surface area contributed by atoms with Crippen LogP contribution in [0.15, 0.2) is 48.5 Å². The van der Waals surface area contributed by atoms with Crippen molar-refractivity contribution in [2.45, 2.75) is 45.9 Å². The minimum absolute atomic E-state index is 0.0796. The molecule has 1 aliphatic rings. The average Bonchev–Trinajstić information content (AvgIpc) is 2.61. The zero-order valence-corrected chi connectivity index (χ0v) is 15.2. The van der Waals surface area contributed by atoms with Crippen LogP contribution in [0.1, 0.15) is 43.4 Å². The van der Waals surface area contributed by atoms with Crippen molar-refractivity contribution in [1.82, 2.24) is 10.2 Å². The minimum Gasteiger partial charge on any atom is -0.471 e. The fourth-order valence-corrected chi connectivity index (χ4v) is 3.22. The van der Waals surface area contributed by atoms with Gasteiger partial charge in [-0.1, -0.05) is 56.3 Å². The highest BCUT2D eigenvalue weighted by atomic mass is 16.5. The number of amides is 2. The fraction of sp³-hybridized carbons (Fsp3) is 0.381. The number of fused-ring (bicyclic) bond motifs is 1. The van der Waals surface area contributed by atoms with Crippen LogP contribution in [0.5, 0.6) is 5.75 Å². The molecule has 25 heavy (non-hydrogen) atoms. The Labute approximate surface area is 149 Å². The lowest BCUT2D eigenvalue weighted by molar-refractivity contribution is 0.148. The van der Waals surface area contributed by atoms with Gasteiger partial charge in [-0.15, -0.1) is 0 Å². The van der Waals surface area contributed by atoms with E-state index < -0.39 is 0 Å². The van der Waals surface area contributed by atoms with Crippen LogP contribution in [0.3, 0.4) is 0 Å². The van der Waals surface area contributed by atoms with Gasteiger partial charge in [0.15, 0.2) is 6.23 Å². The average molecular weight is 338 g/mol. The smallest absolute Gasteiger partial charge is 0.320 e. The predicted octanol–water partition coefficient (Wildman–Crippen LogP) is 4.30.